The Labute approximate surface area is 140 Å². The molecule has 7 heteroatoms. The molecule has 1 N–H and O–H groups in total. The zero-order valence-corrected chi connectivity index (χ0v) is 15.1. The summed E-state index contributed by atoms with van der Waals surface area (Å²) in [4.78, 5) is 0.287. The molecule has 0 radical (unpaired) electrons. The molecule has 4 nitrogen and oxygen atoms in total. The molecule has 0 amide bonds. The van der Waals surface area contributed by atoms with E-state index in [0.717, 1.165) is 25.9 Å². The third-order valence-corrected chi connectivity index (χ3v) is 6.95. The van der Waals surface area contributed by atoms with Crippen molar-refractivity contribution in [3.63, 3.8) is 0 Å². The van der Waals surface area contributed by atoms with Crippen LogP contribution in [0.15, 0.2) is 27.6 Å². The van der Waals surface area contributed by atoms with Crippen LogP contribution in [0.25, 0.3) is 0 Å². The molecule has 1 fully saturated rings. The molecule has 21 heavy (non-hydrogen) atoms. The Hall–Kier alpha value is -0.140. The highest BCUT2D eigenvalue weighted by Gasteiger charge is 2.27. The van der Waals surface area contributed by atoms with Crippen molar-refractivity contribution in [1.82, 2.24) is 9.62 Å². The van der Waals surface area contributed by atoms with Gasteiger partial charge in [0.1, 0.15) is 0 Å². The first-order valence-corrected chi connectivity index (χ1v) is 9.72. The van der Waals surface area contributed by atoms with Gasteiger partial charge in [0.05, 0.1) is 9.92 Å². The average Bonchev–Trinajstić information content (AvgIpc) is 2.48. The number of sulfonamides is 1. The number of hydrogen-bond donors (Lipinski definition) is 1. The number of halogens is 2. The number of benzene rings is 1. The lowest BCUT2D eigenvalue weighted by Gasteiger charge is -2.28. The lowest BCUT2D eigenvalue weighted by molar-refractivity contribution is 0.294. The molecule has 0 aliphatic carbocycles. The van der Waals surface area contributed by atoms with Crippen LogP contribution in [0.2, 0.25) is 5.02 Å². The van der Waals surface area contributed by atoms with Gasteiger partial charge in [0.2, 0.25) is 10.0 Å². The van der Waals surface area contributed by atoms with Crippen LogP contribution in [0.4, 0.5) is 0 Å². The summed E-state index contributed by atoms with van der Waals surface area (Å²) in [5, 5.41) is 3.81. The van der Waals surface area contributed by atoms with Crippen molar-refractivity contribution in [2.45, 2.75) is 24.7 Å². The van der Waals surface area contributed by atoms with Gasteiger partial charge in [-0.2, -0.15) is 4.31 Å². The standard InChI is InChI=1S/C14H20BrClN2O2S/c1-2-18(10-11-5-7-17-8-6-11)21(19,20)12-3-4-14(16)13(15)9-12/h3-4,9,11,17H,2,5-8,10H2,1H3. The number of nitrogens with zero attached hydrogens (tertiary/aromatic N) is 1. The monoisotopic (exact) mass is 394 g/mol. The average molecular weight is 396 g/mol. The third kappa shape index (κ3) is 4.20. The van der Waals surface area contributed by atoms with E-state index in [-0.39, 0.29) is 4.90 Å². The molecule has 0 unspecified atom stereocenters. The van der Waals surface area contributed by atoms with Crippen molar-refractivity contribution < 1.29 is 8.42 Å². The van der Waals surface area contributed by atoms with Crippen molar-refractivity contribution in [2.75, 3.05) is 26.2 Å². The Bertz CT molecular complexity index is 589. The van der Waals surface area contributed by atoms with Gasteiger partial charge >= 0.3 is 0 Å². The van der Waals surface area contributed by atoms with Gasteiger partial charge in [-0.05, 0) is 66.0 Å². The van der Waals surface area contributed by atoms with Gasteiger partial charge in [0, 0.05) is 17.6 Å². The number of rotatable bonds is 5. The fourth-order valence-electron chi connectivity index (χ4n) is 2.54. The van der Waals surface area contributed by atoms with Crippen molar-refractivity contribution in [3.8, 4) is 0 Å². The summed E-state index contributed by atoms with van der Waals surface area (Å²) in [7, 11) is -3.47. The quantitative estimate of drug-likeness (QED) is 0.833. The molecule has 1 heterocycles. The fraction of sp³-hybridized carbons (Fsp3) is 0.571. The summed E-state index contributed by atoms with van der Waals surface area (Å²) in [6.45, 7) is 4.88. The minimum absolute atomic E-state index is 0.287. The van der Waals surface area contributed by atoms with Crippen LogP contribution in [0.3, 0.4) is 0 Å². The van der Waals surface area contributed by atoms with Gasteiger partial charge in [0.25, 0.3) is 0 Å². The van der Waals surface area contributed by atoms with Crippen LogP contribution in [0.5, 0.6) is 0 Å². The smallest absolute Gasteiger partial charge is 0.243 e. The first-order valence-electron chi connectivity index (χ1n) is 7.11. The summed E-state index contributed by atoms with van der Waals surface area (Å²) in [6.07, 6.45) is 2.05. The van der Waals surface area contributed by atoms with Crippen molar-refractivity contribution >= 4 is 37.6 Å². The predicted molar refractivity (Wildman–Crippen MR) is 89.2 cm³/mol. The summed E-state index contributed by atoms with van der Waals surface area (Å²) in [5.74, 6) is 0.428. The molecular formula is C14H20BrClN2O2S. The predicted octanol–water partition coefficient (Wildman–Crippen LogP) is 3.11. The minimum atomic E-state index is -3.47. The maximum Gasteiger partial charge on any atom is 0.243 e. The van der Waals surface area contributed by atoms with E-state index in [2.05, 4.69) is 21.2 Å². The van der Waals surface area contributed by atoms with E-state index >= 15 is 0 Å². The molecule has 0 saturated carbocycles. The van der Waals surface area contributed by atoms with Crippen molar-refractivity contribution in [1.29, 1.82) is 0 Å². The van der Waals surface area contributed by atoms with Gasteiger partial charge in [-0.15, -0.1) is 0 Å². The molecule has 1 aliphatic rings. The Balaban J connectivity index is 2.19. The highest BCUT2D eigenvalue weighted by molar-refractivity contribution is 9.10. The van der Waals surface area contributed by atoms with Crippen LogP contribution in [0, 0.1) is 5.92 Å². The summed E-state index contributed by atoms with van der Waals surface area (Å²) in [5.41, 5.74) is 0. The van der Waals surface area contributed by atoms with Crippen LogP contribution in [-0.4, -0.2) is 38.9 Å². The largest absolute Gasteiger partial charge is 0.317 e. The van der Waals surface area contributed by atoms with Gasteiger partial charge in [-0.3, -0.25) is 0 Å². The second-order valence-electron chi connectivity index (χ2n) is 5.22. The van der Waals surface area contributed by atoms with Crippen LogP contribution < -0.4 is 5.32 Å². The van der Waals surface area contributed by atoms with E-state index < -0.39 is 10.0 Å². The Morgan fingerprint density at radius 1 is 1.38 bits per heavy atom. The summed E-state index contributed by atoms with van der Waals surface area (Å²) >= 11 is 9.22. The molecule has 118 valence electrons. The van der Waals surface area contributed by atoms with Crippen molar-refractivity contribution in [2.24, 2.45) is 5.92 Å². The minimum Gasteiger partial charge on any atom is -0.317 e. The molecule has 1 aromatic carbocycles. The van der Waals surface area contributed by atoms with Crippen LogP contribution >= 0.6 is 27.5 Å². The Kier molecular flexibility index (Phi) is 6.08. The first kappa shape index (κ1) is 17.2. The third-order valence-electron chi connectivity index (χ3n) is 3.80. The van der Waals surface area contributed by atoms with Gasteiger partial charge < -0.3 is 5.32 Å². The second kappa shape index (κ2) is 7.42. The van der Waals surface area contributed by atoms with E-state index in [1.165, 1.54) is 0 Å². The topological polar surface area (TPSA) is 49.4 Å². The van der Waals surface area contributed by atoms with Gasteiger partial charge in [-0.25, -0.2) is 8.42 Å². The van der Waals surface area contributed by atoms with Crippen LogP contribution in [0.1, 0.15) is 19.8 Å². The molecule has 0 aromatic heterocycles. The zero-order chi connectivity index (χ0) is 15.5. The molecule has 1 aliphatic heterocycles. The van der Waals surface area contributed by atoms with E-state index in [4.69, 9.17) is 11.6 Å². The fourth-order valence-corrected chi connectivity index (χ4v) is 4.74. The summed E-state index contributed by atoms with van der Waals surface area (Å²) < 4.78 is 27.7. The van der Waals surface area contributed by atoms with Gasteiger partial charge in [0.15, 0.2) is 0 Å². The maximum atomic E-state index is 12.7. The normalized spacial score (nSPS) is 17.3. The molecule has 0 atom stereocenters. The Morgan fingerprint density at radius 3 is 2.62 bits per heavy atom. The summed E-state index contributed by atoms with van der Waals surface area (Å²) in [6, 6.07) is 4.74. The second-order valence-corrected chi connectivity index (χ2v) is 8.42. The zero-order valence-electron chi connectivity index (χ0n) is 12.0. The molecule has 1 saturated heterocycles. The number of piperidine rings is 1. The van der Waals surface area contributed by atoms with Crippen molar-refractivity contribution in [3.05, 3.63) is 27.7 Å². The maximum absolute atomic E-state index is 12.7. The highest BCUT2D eigenvalue weighted by atomic mass is 79.9. The Morgan fingerprint density at radius 2 is 2.05 bits per heavy atom. The molecule has 0 bridgehead atoms. The molecule has 2 rings (SSSR count). The first-order chi connectivity index (χ1) is 9.95. The van der Waals surface area contributed by atoms with E-state index in [9.17, 15) is 8.42 Å². The molecule has 1 aromatic rings. The molecule has 0 spiro atoms. The van der Waals surface area contributed by atoms with E-state index in [0.29, 0.717) is 28.5 Å². The van der Waals surface area contributed by atoms with E-state index in [1.807, 2.05) is 6.92 Å². The molecular weight excluding hydrogens is 376 g/mol. The lowest BCUT2D eigenvalue weighted by Crippen LogP contribution is -2.39. The van der Waals surface area contributed by atoms with Gasteiger partial charge in [-0.1, -0.05) is 18.5 Å². The highest BCUT2D eigenvalue weighted by Crippen LogP contribution is 2.27. The SMILES string of the molecule is CCN(CC1CCNCC1)S(=O)(=O)c1ccc(Cl)c(Br)c1. The number of hydrogen-bond acceptors (Lipinski definition) is 3. The lowest BCUT2D eigenvalue weighted by atomic mass is 9.98. The number of nitrogens with one attached hydrogen (secondary N) is 1. The van der Waals surface area contributed by atoms with Crippen LogP contribution in [-0.2, 0) is 10.0 Å². The van der Waals surface area contributed by atoms with E-state index in [1.54, 1.807) is 22.5 Å².